The van der Waals surface area contributed by atoms with Crippen LogP contribution >= 0.6 is 0 Å². The molecule has 0 amide bonds. The molecule has 0 bridgehead atoms. The van der Waals surface area contributed by atoms with Crippen LogP contribution in [-0.4, -0.2) is 61.8 Å². The number of unbranched alkanes of at least 4 members (excludes halogenated alkanes) is 22. The largest absolute Gasteiger partial charge is 0.462 e. The molecule has 0 aromatic carbocycles. The average Bonchev–Trinajstić information content (AvgIpc) is 3.19. The molecule has 56 heavy (non-hydrogen) atoms. The second-order valence-electron chi connectivity index (χ2n) is 16.1. The lowest BCUT2D eigenvalue weighted by Crippen LogP contribution is -2.31. The lowest BCUT2D eigenvalue weighted by molar-refractivity contribution is -0.167. The highest BCUT2D eigenvalue weighted by molar-refractivity contribution is 5.71. The monoisotopic (exact) mass is 790 g/mol. The highest BCUT2D eigenvalue weighted by atomic mass is 16.6. The standard InChI is InChI=1S/C49H91NO6/c1-5-9-11-13-15-17-19-21-23-25-27-29-31-33-35-38-47(51)54-44-46(45-55-48(52)40-37-43-50(41-7-3)42-8-4)56-49(53)39-36-34-32-30-28-26-24-22-20-18-16-14-12-10-6-2/h21-24,46H,5-20,25-45H2,1-4H3. The van der Waals surface area contributed by atoms with Crippen molar-refractivity contribution in [3.63, 3.8) is 0 Å². The molecule has 0 fully saturated rings. The number of hydrogen-bond acceptors (Lipinski definition) is 7. The van der Waals surface area contributed by atoms with E-state index in [9.17, 15) is 14.4 Å². The summed E-state index contributed by atoms with van der Waals surface area (Å²) in [5.74, 6) is -0.929. The smallest absolute Gasteiger partial charge is 0.306 e. The zero-order valence-electron chi connectivity index (χ0n) is 37.4. The van der Waals surface area contributed by atoms with Gasteiger partial charge in [-0.2, -0.15) is 0 Å². The average molecular weight is 790 g/mol. The van der Waals surface area contributed by atoms with E-state index in [1.807, 2.05) is 0 Å². The first-order valence-corrected chi connectivity index (χ1v) is 24.0. The molecule has 7 nitrogen and oxygen atoms in total. The summed E-state index contributed by atoms with van der Waals surface area (Å²) in [4.78, 5) is 40.3. The number of esters is 3. The quantitative estimate of drug-likeness (QED) is 0.0263. The first kappa shape index (κ1) is 53.9. The van der Waals surface area contributed by atoms with Gasteiger partial charge in [0, 0.05) is 19.3 Å². The van der Waals surface area contributed by atoms with Crippen molar-refractivity contribution in [1.82, 2.24) is 4.90 Å². The van der Waals surface area contributed by atoms with Gasteiger partial charge in [-0.05, 0) is 103 Å². The van der Waals surface area contributed by atoms with E-state index >= 15 is 0 Å². The fourth-order valence-electron chi connectivity index (χ4n) is 6.97. The van der Waals surface area contributed by atoms with E-state index in [4.69, 9.17) is 14.2 Å². The Balaban J connectivity index is 4.41. The lowest BCUT2D eigenvalue weighted by Gasteiger charge is -2.21. The first-order chi connectivity index (χ1) is 27.5. The molecule has 328 valence electrons. The van der Waals surface area contributed by atoms with Crippen LogP contribution in [0.15, 0.2) is 24.3 Å². The Morgan fingerprint density at radius 2 is 0.732 bits per heavy atom. The number of rotatable bonds is 43. The van der Waals surface area contributed by atoms with Crippen molar-refractivity contribution in [2.75, 3.05) is 32.8 Å². The van der Waals surface area contributed by atoms with Crippen LogP contribution in [0.25, 0.3) is 0 Å². The Morgan fingerprint density at radius 3 is 1.12 bits per heavy atom. The molecule has 0 aliphatic carbocycles. The normalized spacial score (nSPS) is 12.2. The molecule has 0 heterocycles. The zero-order chi connectivity index (χ0) is 41.0. The minimum Gasteiger partial charge on any atom is -0.462 e. The van der Waals surface area contributed by atoms with Crippen LogP contribution in [0.4, 0.5) is 0 Å². The van der Waals surface area contributed by atoms with Gasteiger partial charge in [-0.25, -0.2) is 0 Å². The Kier molecular flexibility index (Phi) is 42.3. The summed E-state index contributed by atoms with van der Waals surface area (Å²) in [7, 11) is 0. The van der Waals surface area contributed by atoms with Crippen molar-refractivity contribution in [2.45, 2.75) is 239 Å². The summed E-state index contributed by atoms with van der Waals surface area (Å²) in [5.41, 5.74) is 0. The van der Waals surface area contributed by atoms with Crippen molar-refractivity contribution in [2.24, 2.45) is 0 Å². The van der Waals surface area contributed by atoms with Gasteiger partial charge >= 0.3 is 17.9 Å². The number of hydrogen-bond donors (Lipinski definition) is 0. The van der Waals surface area contributed by atoms with E-state index < -0.39 is 6.10 Å². The predicted octanol–water partition coefficient (Wildman–Crippen LogP) is 14.0. The summed E-state index contributed by atoms with van der Waals surface area (Å²) in [6.45, 7) is 11.6. The van der Waals surface area contributed by atoms with Crippen molar-refractivity contribution in [1.29, 1.82) is 0 Å². The van der Waals surface area contributed by atoms with E-state index in [0.29, 0.717) is 19.3 Å². The molecule has 0 aliphatic rings. The number of carbonyl (C=O) groups excluding carboxylic acids is 3. The molecular weight excluding hydrogens is 699 g/mol. The second kappa shape index (κ2) is 44.0. The predicted molar refractivity (Wildman–Crippen MR) is 237 cm³/mol. The number of carbonyl (C=O) groups is 3. The molecule has 0 aliphatic heterocycles. The Labute approximate surface area is 346 Å². The van der Waals surface area contributed by atoms with Crippen LogP contribution in [0.2, 0.25) is 0 Å². The SMILES string of the molecule is CCCCCCCCC=CCCCCCCCC(=O)OCC(COC(=O)CCCN(CCC)CCC)OC(=O)CCCCCCCC=CCCCCCCCC. The molecular formula is C49H91NO6. The minimum absolute atomic E-state index is 0.0872. The Bertz CT molecular complexity index is 928. The van der Waals surface area contributed by atoms with Gasteiger partial charge in [-0.15, -0.1) is 0 Å². The third-order valence-electron chi connectivity index (χ3n) is 10.4. The molecule has 0 aromatic heterocycles. The zero-order valence-corrected chi connectivity index (χ0v) is 37.4. The third-order valence-corrected chi connectivity index (χ3v) is 10.4. The van der Waals surface area contributed by atoms with E-state index in [1.165, 1.54) is 109 Å². The maximum Gasteiger partial charge on any atom is 0.306 e. The number of ether oxygens (including phenoxy) is 3. The van der Waals surface area contributed by atoms with Crippen molar-refractivity contribution in [3.8, 4) is 0 Å². The second-order valence-corrected chi connectivity index (χ2v) is 16.1. The molecule has 0 aromatic rings. The van der Waals surface area contributed by atoms with Gasteiger partial charge < -0.3 is 19.1 Å². The first-order valence-electron chi connectivity index (χ1n) is 24.0. The van der Waals surface area contributed by atoms with Gasteiger partial charge in [0.1, 0.15) is 13.2 Å². The van der Waals surface area contributed by atoms with Crippen LogP contribution in [-0.2, 0) is 28.6 Å². The molecule has 0 rings (SSSR count). The maximum absolute atomic E-state index is 12.8. The highest BCUT2D eigenvalue weighted by Crippen LogP contribution is 2.13. The van der Waals surface area contributed by atoms with Crippen LogP contribution in [0.3, 0.4) is 0 Å². The number of allylic oxidation sites excluding steroid dienone is 4. The highest BCUT2D eigenvalue weighted by Gasteiger charge is 2.19. The lowest BCUT2D eigenvalue weighted by atomic mass is 10.1. The van der Waals surface area contributed by atoms with Gasteiger partial charge in [0.15, 0.2) is 6.10 Å². The van der Waals surface area contributed by atoms with Crippen molar-refractivity contribution >= 4 is 17.9 Å². The van der Waals surface area contributed by atoms with Crippen molar-refractivity contribution in [3.05, 3.63) is 24.3 Å². The summed E-state index contributed by atoms with van der Waals surface area (Å²) in [6, 6.07) is 0. The van der Waals surface area contributed by atoms with Gasteiger partial charge in [0.05, 0.1) is 0 Å². The molecule has 1 unspecified atom stereocenters. The van der Waals surface area contributed by atoms with E-state index in [1.54, 1.807) is 0 Å². The van der Waals surface area contributed by atoms with Gasteiger partial charge in [0.25, 0.3) is 0 Å². The topological polar surface area (TPSA) is 82.1 Å². The summed E-state index contributed by atoms with van der Waals surface area (Å²) in [5, 5.41) is 0. The van der Waals surface area contributed by atoms with Crippen LogP contribution < -0.4 is 0 Å². The molecule has 0 N–H and O–H groups in total. The van der Waals surface area contributed by atoms with Crippen LogP contribution in [0.1, 0.15) is 233 Å². The summed E-state index contributed by atoms with van der Waals surface area (Å²) >= 11 is 0. The van der Waals surface area contributed by atoms with E-state index in [2.05, 4.69) is 56.9 Å². The summed E-state index contributed by atoms with van der Waals surface area (Å²) in [6.07, 6.45) is 43.7. The van der Waals surface area contributed by atoms with Gasteiger partial charge in [-0.1, -0.05) is 155 Å². The number of nitrogens with zero attached hydrogens (tertiary/aromatic N) is 1. The van der Waals surface area contributed by atoms with Gasteiger partial charge in [-0.3, -0.25) is 14.4 Å². The molecule has 1 atom stereocenters. The van der Waals surface area contributed by atoms with Gasteiger partial charge in [0.2, 0.25) is 0 Å². The molecule has 0 spiro atoms. The van der Waals surface area contributed by atoms with E-state index in [0.717, 1.165) is 96.7 Å². The molecule has 0 radical (unpaired) electrons. The fraction of sp³-hybridized carbons (Fsp3) is 0.857. The third kappa shape index (κ3) is 40.1. The Morgan fingerprint density at radius 1 is 0.393 bits per heavy atom. The fourth-order valence-corrected chi connectivity index (χ4v) is 6.97. The summed E-state index contributed by atoms with van der Waals surface area (Å²) < 4.78 is 16.7. The van der Waals surface area contributed by atoms with Crippen LogP contribution in [0.5, 0.6) is 0 Å². The van der Waals surface area contributed by atoms with E-state index in [-0.39, 0.29) is 31.1 Å². The van der Waals surface area contributed by atoms with Crippen molar-refractivity contribution < 1.29 is 28.6 Å². The van der Waals surface area contributed by atoms with Crippen LogP contribution in [0, 0.1) is 0 Å². The molecule has 7 heteroatoms. The minimum atomic E-state index is -0.788. The Hall–Kier alpha value is -2.15. The molecule has 0 saturated carbocycles. The maximum atomic E-state index is 12.8. The molecule has 0 saturated heterocycles.